The van der Waals surface area contributed by atoms with Crippen LogP contribution in [-0.2, 0) is 19.0 Å². The topological polar surface area (TPSA) is 166 Å². The Morgan fingerprint density at radius 1 is 1.11 bits per heavy atom. The molecule has 1 radical (unpaired) electrons. The third-order valence-corrected chi connectivity index (χ3v) is 5.17. The van der Waals surface area contributed by atoms with Gasteiger partial charge in [-0.05, 0) is 0 Å². The predicted octanol–water partition coefficient (Wildman–Crippen LogP) is -1.75. The SMILES string of the molecule is OC[C@H]1O[C@H](O[C@]2(CCl)O[C@H](CCl)[C@@H](O)[C@@H]2O)[C@H](O)[C@@H](O)[C@H]1Cl.[CH2]C(=O)O. The summed E-state index contributed by atoms with van der Waals surface area (Å²) in [4.78, 5) is 8.89. The standard InChI is InChI=1S/C12H19Cl3O8.C2H3O2/c13-1-4-7(17)10(20)12(3-14,22-4)23-11-9(19)8(18)6(15)5(2-16)21-11;1-2(3)4/h4-11,16-20H,1-3H2;1H2,(H,3,4)/t4-,5-,6+,7-,8+,9-,10+,11-,12+;/m1./s1. The lowest BCUT2D eigenvalue weighted by Gasteiger charge is -2.43. The second kappa shape index (κ2) is 10.7. The van der Waals surface area contributed by atoms with Crippen LogP contribution in [0.5, 0.6) is 0 Å². The second-order valence-corrected chi connectivity index (χ2v) is 6.93. The van der Waals surface area contributed by atoms with E-state index < -0.39 is 72.5 Å². The molecular formula is C14H22Cl3O10. The quantitative estimate of drug-likeness (QED) is 0.261. The molecule has 0 spiro atoms. The number of halogens is 3. The number of carboxylic acid groups (broad SMARTS) is 1. The summed E-state index contributed by atoms with van der Waals surface area (Å²) in [6.45, 7) is 2.03. The molecular weight excluding hydrogens is 435 g/mol. The third kappa shape index (κ3) is 5.77. The Hall–Kier alpha value is 0.0200. The zero-order valence-corrected chi connectivity index (χ0v) is 16.2. The molecule has 0 unspecified atom stereocenters. The van der Waals surface area contributed by atoms with Gasteiger partial charge in [-0.25, -0.2) is 0 Å². The molecule has 2 fully saturated rings. The molecule has 13 heteroatoms. The first kappa shape index (κ1) is 25.1. The van der Waals surface area contributed by atoms with E-state index in [-0.39, 0.29) is 5.88 Å². The number of carbonyl (C=O) groups is 1. The Kier molecular flexibility index (Phi) is 9.93. The van der Waals surface area contributed by atoms with E-state index in [1.165, 1.54) is 0 Å². The van der Waals surface area contributed by atoms with Crippen LogP contribution in [0, 0.1) is 6.92 Å². The number of alkyl halides is 3. The Labute approximate surface area is 170 Å². The van der Waals surface area contributed by atoms with Crippen molar-refractivity contribution >= 4 is 40.8 Å². The highest BCUT2D eigenvalue weighted by Gasteiger charge is 2.58. The van der Waals surface area contributed by atoms with Crippen LogP contribution in [0.2, 0.25) is 0 Å². The van der Waals surface area contributed by atoms with Gasteiger partial charge in [0.05, 0.1) is 30.7 Å². The highest BCUT2D eigenvalue weighted by Crippen LogP contribution is 2.37. The Morgan fingerprint density at radius 2 is 1.67 bits per heavy atom. The lowest BCUT2D eigenvalue weighted by atomic mass is 10.0. The predicted molar refractivity (Wildman–Crippen MR) is 92.5 cm³/mol. The minimum Gasteiger partial charge on any atom is -0.481 e. The van der Waals surface area contributed by atoms with Crippen molar-refractivity contribution in [2.75, 3.05) is 18.4 Å². The van der Waals surface area contributed by atoms with Gasteiger partial charge in [0.2, 0.25) is 5.79 Å². The fourth-order valence-corrected chi connectivity index (χ4v) is 3.37. The molecule has 2 aliphatic heterocycles. The average molecular weight is 457 g/mol. The number of carboxylic acids is 1. The molecule has 159 valence electrons. The first-order valence-corrected chi connectivity index (χ1v) is 9.20. The van der Waals surface area contributed by atoms with E-state index in [0.29, 0.717) is 0 Å². The van der Waals surface area contributed by atoms with Crippen molar-refractivity contribution < 1.29 is 49.6 Å². The maximum absolute atomic E-state index is 10.1. The zero-order chi connectivity index (χ0) is 20.9. The van der Waals surface area contributed by atoms with Crippen LogP contribution in [0.4, 0.5) is 0 Å². The molecule has 9 atom stereocenters. The number of aliphatic carboxylic acids is 1. The van der Waals surface area contributed by atoms with Gasteiger partial charge in [0, 0.05) is 0 Å². The summed E-state index contributed by atoms with van der Waals surface area (Å²) in [5.74, 6) is -3.51. The van der Waals surface area contributed by atoms with E-state index >= 15 is 0 Å². The lowest BCUT2D eigenvalue weighted by molar-refractivity contribution is -0.357. The summed E-state index contributed by atoms with van der Waals surface area (Å²) in [7, 11) is 0. The van der Waals surface area contributed by atoms with Crippen molar-refractivity contribution in [3.63, 3.8) is 0 Å². The van der Waals surface area contributed by atoms with Gasteiger partial charge >= 0.3 is 5.97 Å². The molecule has 2 saturated heterocycles. The molecule has 6 N–H and O–H groups in total. The van der Waals surface area contributed by atoms with Crippen molar-refractivity contribution in [3.05, 3.63) is 6.92 Å². The molecule has 2 aliphatic rings. The van der Waals surface area contributed by atoms with E-state index in [0.717, 1.165) is 0 Å². The number of aliphatic hydroxyl groups excluding tert-OH is 5. The van der Waals surface area contributed by atoms with Gasteiger partial charge in [0.15, 0.2) is 6.29 Å². The summed E-state index contributed by atoms with van der Waals surface area (Å²) in [5, 5.41) is 55.5. The minimum atomic E-state index is -1.90. The van der Waals surface area contributed by atoms with Crippen molar-refractivity contribution in [1.29, 1.82) is 0 Å². The van der Waals surface area contributed by atoms with Gasteiger partial charge < -0.3 is 44.8 Å². The maximum atomic E-state index is 10.1. The molecule has 27 heavy (non-hydrogen) atoms. The molecule has 0 aromatic rings. The van der Waals surface area contributed by atoms with Crippen molar-refractivity contribution in [3.8, 4) is 0 Å². The summed E-state index contributed by atoms with van der Waals surface area (Å²) < 4.78 is 16.1. The molecule has 0 aromatic heterocycles. The lowest BCUT2D eigenvalue weighted by Crippen LogP contribution is -2.61. The molecule has 0 amide bonds. The van der Waals surface area contributed by atoms with Crippen LogP contribution < -0.4 is 0 Å². The molecule has 2 heterocycles. The zero-order valence-electron chi connectivity index (χ0n) is 13.9. The fraction of sp³-hybridized carbons (Fsp3) is 0.857. The molecule has 10 nitrogen and oxygen atoms in total. The second-order valence-electron chi connectivity index (χ2n) is 5.85. The number of hydrogen-bond donors (Lipinski definition) is 6. The molecule has 2 rings (SSSR count). The van der Waals surface area contributed by atoms with E-state index in [1.54, 1.807) is 0 Å². The van der Waals surface area contributed by atoms with Gasteiger partial charge in [-0.15, -0.1) is 34.8 Å². The first-order valence-electron chi connectivity index (χ1n) is 7.69. The summed E-state index contributed by atoms with van der Waals surface area (Å²) in [5.41, 5.74) is 0. The summed E-state index contributed by atoms with van der Waals surface area (Å²) in [6, 6.07) is 0. The van der Waals surface area contributed by atoms with Crippen LogP contribution in [0.1, 0.15) is 0 Å². The molecule has 0 aliphatic carbocycles. The number of ether oxygens (including phenoxy) is 3. The van der Waals surface area contributed by atoms with Crippen molar-refractivity contribution in [2.45, 2.75) is 54.1 Å². The van der Waals surface area contributed by atoms with E-state index in [2.05, 4.69) is 6.92 Å². The minimum absolute atomic E-state index is 0.125. The molecule has 0 bridgehead atoms. The highest BCUT2D eigenvalue weighted by atomic mass is 35.5. The molecule has 0 saturated carbocycles. The van der Waals surface area contributed by atoms with Gasteiger partial charge in [0.25, 0.3) is 0 Å². The largest absolute Gasteiger partial charge is 0.481 e. The van der Waals surface area contributed by atoms with Crippen molar-refractivity contribution in [1.82, 2.24) is 0 Å². The maximum Gasteiger partial charge on any atom is 0.303 e. The average Bonchev–Trinajstić information content (AvgIpc) is 2.86. The van der Waals surface area contributed by atoms with E-state index in [9.17, 15) is 25.5 Å². The molecule has 0 aromatic carbocycles. The van der Waals surface area contributed by atoms with Crippen LogP contribution in [-0.4, -0.2) is 109 Å². The summed E-state index contributed by atoms with van der Waals surface area (Å²) in [6.07, 6.45) is -9.39. The Bertz CT molecular complexity index is 480. The van der Waals surface area contributed by atoms with Crippen LogP contribution in [0.15, 0.2) is 0 Å². The van der Waals surface area contributed by atoms with Gasteiger partial charge in [-0.3, -0.25) is 4.79 Å². The Balaban J connectivity index is 0.000000828. The first-order chi connectivity index (χ1) is 12.5. The number of aliphatic hydroxyl groups is 5. The monoisotopic (exact) mass is 455 g/mol. The highest BCUT2D eigenvalue weighted by molar-refractivity contribution is 6.21. The Morgan fingerprint density at radius 3 is 2.07 bits per heavy atom. The van der Waals surface area contributed by atoms with Crippen LogP contribution >= 0.6 is 34.8 Å². The smallest absolute Gasteiger partial charge is 0.303 e. The van der Waals surface area contributed by atoms with Crippen LogP contribution in [0.3, 0.4) is 0 Å². The van der Waals surface area contributed by atoms with E-state index in [1.807, 2.05) is 0 Å². The van der Waals surface area contributed by atoms with Crippen molar-refractivity contribution in [2.24, 2.45) is 0 Å². The van der Waals surface area contributed by atoms with E-state index in [4.69, 9.17) is 58.9 Å². The van der Waals surface area contributed by atoms with Gasteiger partial charge in [0.1, 0.15) is 36.6 Å². The fourth-order valence-electron chi connectivity index (χ4n) is 2.56. The van der Waals surface area contributed by atoms with Gasteiger partial charge in [-0.2, -0.15) is 0 Å². The summed E-state index contributed by atoms with van der Waals surface area (Å²) >= 11 is 17.3. The van der Waals surface area contributed by atoms with Gasteiger partial charge in [-0.1, -0.05) is 0 Å². The number of rotatable bonds is 5. The number of hydrogen-bond acceptors (Lipinski definition) is 9. The van der Waals surface area contributed by atoms with Crippen LogP contribution in [0.25, 0.3) is 0 Å². The third-order valence-electron chi connectivity index (χ3n) is 3.96. The normalized spacial score (nSPS) is 44.5.